The topological polar surface area (TPSA) is 41.6 Å². The summed E-state index contributed by atoms with van der Waals surface area (Å²) >= 11 is 0. The second-order valence-corrected chi connectivity index (χ2v) is 7.53. The summed E-state index contributed by atoms with van der Waals surface area (Å²) in [6, 6.07) is 15.8. The summed E-state index contributed by atoms with van der Waals surface area (Å²) in [6.07, 6.45) is 4.08. The Labute approximate surface area is 162 Å². The first-order valence-corrected chi connectivity index (χ1v) is 9.95. The van der Waals surface area contributed by atoms with Crippen molar-refractivity contribution < 1.29 is 9.53 Å². The smallest absolute Gasteiger partial charge is 0.251 e. The average Bonchev–Trinajstić information content (AvgIpc) is 2.67. The maximum absolute atomic E-state index is 12.4. The zero-order valence-electron chi connectivity index (χ0n) is 16.4. The van der Waals surface area contributed by atoms with Crippen molar-refractivity contribution in [3.63, 3.8) is 0 Å². The van der Waals surface area contributed by atoms with E-state index in [0.717, 1.165) is 17.9 Å². The fraction of sp³-hybridized carbons (Fsp3) is 0.435. The van der Waals surface area contributed by atoms with E-state index in [1.165, 1.54) is 37.9 Å². The molecule has 0 radical (unpaired) electrons. The molecule has 0 aliphatic carbocycles. The zero-order valence-corrected chi connectivity index (χ0v) is 16.4. The Bertz CT molecular complexity index is 734. The molecule has 2 aromatic carbocycles. The van der Waals surface area contributed by atoms with E-state index in [-0.39, 0.29) is 12.0 Å². The highest BCUT2D eigenvalue weighted by Crippen LogP contribution is 2.16. The minimum atomic E-state index is -0.0466. The molecule has 1 amide bonds. The van der Waals surface area contributed by atoms with Crippen LogP contribution in [-0.4, -0.2) is 30.0 Å². The maximum Gasteiger partial charge on any atom is 0.251 e. The molecule has 4 nitrogen and oxygen atoms in total. The van der Waals surface area contributed by atoms with Crippen LogP contribution in [0.25, 0.3) is 0 Å². The summed E-state index contributed by atoms with van der Waals surface area (Å²) in [6.45, 7) is 7.84. The first-order valence-electron chi connectivity index (χ1n) is 9.95. The highest BCUT2D eigenvalue weighted by atomic mass is 16.5. The summed E-state index contributed by atoms with van der Waals surface area (Å²) in [5, 5.41) is 2.99. The van der Waals surface area contributed by atoms with Gasteiger partial charge in [0.2, 0.25) is 0 Å². The summed E-state index contributed by atoms with van der Waals surface area (Å²) in [5.74, 6) is 0.786. The van der Waals surface area contributed by atoms with Gasteiger partial charge in [-0.2, -0.15) is 0 Å². The van der Waals surface area contributed by atoms with Crippen LogP contribution in [0.5, 0.6) is 5.75 Å². The molecular formula is C23H30N2O2. The highest BCUT2D eigenvalue weighted by molar-refractivity contribution is 5.94. The molecule has 27 heavy (non-hydrogen) atoms. The number of rotatable bonds is 7. The second kappa shape index (κ2) is 9.56. The number of carbonyl (C=O) groups excluding carboxylic acids is 1. The second-order valence-electron chi connectivity index (χ2n) is 7.53. The number of nitrogens with zero attached hydrogens (tertiary/aromatic N) is 1. The van der Waals surface area contributed by atoms with Crippen molar-refractivity contribution in [1.29, 1.82) is 0 Å². The fourth-order valence-electron chi connectivity index (χ4n) is 3.42. The molecule has 0 saturated carbocycles. The minimum absolute atomic E-state index is 0.0466. The third kappa shape index (κ3) is 6.10. The Balaban J connectivity index is 1.52. The Kier molecular flexibility index (Phi) is 6.88. The van der Waals surface area contributed by atoms with Gasteiger partial charge in [0, 0.05) is 18.7 Å². The first-order chi connectivity index (χ1) is 13.1. The van der Waals surface area contributed by atoms with Crippen molar-refractivity contribution in [2.45, 2.75) is 52.3 Å². The molecule has 0 aromatic heterocycles. The predicted molar refractivity (Wildman–Crippen MR) is 109 cm³/mol. The van der Waals surface area contributed by atoms with Gasteiger partial charge in [-0.3, -0.25) is 9.69 Å². The molecule has 1 aliphatic rings. The highest BCUT2D eigenvalue weighted by Gasteiger charge is 2.11. The number of carbonyl (C=O) groups is 1. The molecule has 144 valence electrons. The standard InChI is InChI=1S/C23H30N2O2/c1-18(2)27-22-8-6-7-20(15-22)16-24-23(26)21-11-9-19(10-12-21)17-25-13-4-3-5-14-25/h6-12,15,18H,3-5,13-14,16-17H2,1-2H3,(H,24,26). The van der Waals surface area contributed by atoms with Gasteiger partial charge in [0.15, 0.2) is 0 Å². The molecule has 3 rings (SSSR count). The van der Waals surface area contributed by atoms with Crippen LogP contribution in [0.2, 0.25) is 0 Å². The number of benzene rings is 2. The summed E-state index contributed by atoms with van der Waals surface area (Å²) in [5.41, 5.74) is 3.00. The van der Waals surface area contributed by atoms with E-state index < -0.39 is 0 Å². The summed E-state index contributed by atoms with van der Waals surface area (Å²) in [7, 11) is 0. The minimum Gasteiger partial charge on any atom is -0.491 e. The normalized spacial score (nSPS) is 14.9. The number of ether oxygens (including phenoxy) is 1. The lowest BCUT2D eigenvalue weighted by Crippen LogP contribution is -2.29. The molecule has 1 aliphatic heterocycles. The largest absolute Gasteiger partial charge is 0.491 e. The van der Waals surface area contributed by atoms with Gasteiger partial charge in [-0.25, -0.2) is 0 Å². The van der Waals surface area contributed by atoms with Crippen molar-refractivity contribution in [3.8, 4) is 5.75 Å². The Morgan fingerprint density at radius 2 is 1.78 bits per heavy atom. The molecule has 1 saturated heterocycles. The van der Waals surface area contributed by atoms with Gasteiger partial charge >= 0.3 is 0 Å². The SMILES string of the molecule is CC(C)Oc1cccc(CNC(=O)c2ccc(CN3CCCCC3)cc2)c1. The van der Waals surface area contributed by atoms with E-state index in [1.54, 1.807) is 0 Å². The molecule has 4 heteroatoms. The number of piperidine rings is 1. The van der Waals surface area contributed by atoms with Gasteiger partial charge in [-0.1, -0.05) is 30.7 Å². The summed E-state index contributed by atoms with van der Waals surface area (Å²) in [4.78, 5) is 14.9. The van der Waals surface area contributed by atoms with Crippen molar-refractivity contribution in [2.24, 2.45) is 0 Å². The van der Waals surface area contributed by atoms with Gasteiger partial charge in [0.25, 0.3) is 5.91 Å². The van der Waals surface area contributed by atoms with Crippen LogP contribution in [0.15, 0.2) is 48.5 Å². The van der Waals surface area contributed by atoms with E-state index in [2.05, 4.69) is 22.3 Å². The van der Waals surface area contributed by atoms with E-state index in [1.807, 2.05) is 50.2 Å². The quantitative estimate of drug-likeness (QED) is 0.790. The van der Waals surface area contributed by atoms with Gasteiger partial charge in [-0.05, 0) is 75.2 Å². The van der Waals surface area contributed by atoms with Crippen LogP contribution < -0.4 is 10.1 Å². The number of hydrogen-bond donors (Lipinski definition) is 1. The zero-order chi connectivity index (χ0) is 19.1. The molecular weight excluding hydrogens is 336 g/mol. The monoisotopic (exact) mass is 366 g/mol. The Hall–Kier alpha value is -2.33. The lowest BCUT2D eigenvalue weighted by Gasteiger charge is -2.26. The number of amides is 1. The Morgan fingerprint density at radius 1 is 1.04 bits per heavy atom. The van der Waals surface area contributed by atoms with Crippen LogP contribution in [0, 0.1) is 0 Å². The number of likely N-dealkylation sites (tertiary alicyclic amines) is 1. The third-order valence-corrected chi connectivity index (χ3v) is 4.79. The van der Waals surface area contributed by atoms with Crippen molar-refractivity contribution in [2.75, 3.05) is 13.1 Å². The average molecular weight is 367 g/mol. The summed E-state index contributed by atoms with van der Waals surface area (Å²) < 4.78 is 5.71. The molecule has 1 fully saturated rings. The van der Waals surface area contributed by atoms with Crippen LogP contribution in [0.3, 0.4) is 0 Å². The molecule has 0 unspecified atom stereocenters. The van der Waals surface area contributed by atoms with Gasteiger partial charge in [0.05, 0.1) is 6.10 Å². The lowest BCUT2D eigenvalue weighted by molar-refractivity contribution is 0.0950. The van der Waals surface area contributed by atoms with E-state index >= 15 is 0 Å². The van der Waals surface area contributed by atoms with Gasteiger partial charge in [0.1, 0.15) is 5.75 Å². The van der Waals surface area contributed by atoms with Gasteiger partial charge in [-0.15, -0.1) is 0 Å². The van der Waals surface area contributed by atoms with Crippen molar-refractivity contribution >= 4 is 5.91 Å². The van der Waals surface area contributed by atoms with E-state index in [9.17, 15) is 4.79 Å². The first kappa shape index (κ1) is 19.4. The van der Waals surface area contributed by atoms with Crippen LogP contribution in [0.1, 0.15) is 54.6 Å². The van der Waals surface area contributed by atoms with Crippen molar-refractivity contribution in [1.82, 2.24) is 10.2 Å². The fourth-order valence-corrected chi connectivity index (χ4v) is 3.42. The number of hydrogen-bond acceptors (Lipinski definition) is 3. The van der Waals surface area contributed by atoms with Crippen LogP contribution >= 0.6 is 0 Å². The third-order valence-electron chi connectivity index (χ3n) is 4.79. The molecule has 1 heterocycles. The van der Waals surface area contributed by atoms with Crippen molar-refractivity contribution in [3.05, 3.63) is 65.2 Å². The molecule has 2 aromatic rings. The van der Waals surface area contributed by atoms with Gasteiger partial charge < -0.3 is 10.1 Å². The van der Waals surface area contributed by atoms with E-state index in [4.69, 9.17) is 4.74 Å². The predicted octanol–water partition coefficient (Wildman–Crippen LogP) is 4.39. The Morgan fingerprint density at radius 3 is 2.48 bits per heavy atom. The maximum atomic E-state index is 12.4. The van der Waals surface area contributed by atoms with Crippen LogP contribution in [-0.2, 0) is 13.1 Å². The molecule has 0 bridgehead atoms. The lowest BCUT2D eigenvalue weighted by atomic mass is 10.1. The molecule has 1 N–H and O–H groups in total. The van der Waals surface area contributed by atoms with Crippen LogP contribution in [0.4, 0.5) is 0 Å². The number of nitrogens with one attached hydrogen (secondary N) is 1. The van der Waals surface area contributed by atoms with E-state index in [0.29, 0.717) is 12.1 Å². The molecule has 0 atom stereocenters. The molecule has 0 spiro atoms.